The molecule has 0 aromatic heterocycles. The maximum Gasteiger partial charge on any atom is 0.313 e. The van der Waals surface area contributed by atoms with Gasteiger partial charge in [0.25, 0.3) is 0 Å². The summed E-state index contributed by atoms with van der Waals surface area (Å²) in [5.74, 6) is 2.26. The fraction of sp³-hybridized carbons (Fsp3) is 0.900. The Labute approximate surface area is 98.0 Å². The van der Waals surface area contributed by atoms with Crippen LogP contribution in [0.2, 0.25) is 0 Å². The molecule has 0 bridgehead atoms. The standard InChI is InChI=1S/C10H16O3S2/c11-8(12)9(2-1-4-14-6-9)10(13)3-5-15-7-10/h13H,1-7H2,(H,11,12). The van der Waals surface area contributed by atoms with Gasteiger partial charge in [-0.1, -0.05) is 0 Å². The molecule has 0 saturated carbocycles. The Morgan fingerprint density at radius 3 is 2.33 bits per heavy atom. The van der Waals surface area contributed by atoms with Crippen molar-refractivity contribution in [3.63, 3.8) is 0 Å². The molecule has 2 N–H and O–H groups in total. The zero-order chi connectivity index (χ0) is 10.9. The van der Waals surface area contributed by atoms with Gasteiger partial charge in [0.05, 0.1) is 5.60 Å². The SMILES string of the molecule is O=C(O)C1(C2(O)CCSC2)CCCSC1. The molecule has 15 heavy (non-hydrogen) atoms. The molecule has 0 aromatic rings. The molecule has 5 heteroatoms. The Morgan fingerprint density at radius 1 is 1.13 bits per heavy atom. The summed E-state index contributed by atoms with van der Waals surface area (Å²) >= 11 is 3.33. The average molecular weight is 248 g/mol. The molecular formula is C10H16O3S2. The number of aliphatic hydroxyl groups is 1. The van der Waals surface area contributed by atoms with Crippen LogP contribution in [0.1, 0.15) is 19.3 Å². The molecular weight excluding hydrogens is 232 g/mol. The van der Waals surface area contributed by atoms with Crippen molar-refractivity contribution in [1.29, 1.82) is 0 Å². The predicted octanol–water partition coefficient (Wildman–Crippen LogP) is 1.45. The highest BCUT2D eigenvalue weighted by Crippen LogP contribution is 2.49. The smallest absolute Gasteiger partial charge is 0.313 e. The minimum atomic E-state index is -0.975. The lowest BCUT2D eigenvalue weighted by Gasteiger charge is -2.43. The summed E-state index contributed by atoms with van der Waals surface area (Å²) in [5.41, 5.74) is -1.86. The zero-order valence-corrected chi connectivity index (χ0v) is 10.2. The molecule has 3 nitrogen and oxygen atoms in total. The summed E-state index contributed by atoms with van der Waals surface area (Å²) < 4.78 is 0. The second-order valence-electron chi connectivity index (χ2n) is 4.38. The van der Waals surface area contributed by atoms with Crippen molar-refractivity contribution in [2.75, 3.05) is 23.0 Å². The Morgan fingerprint density at radius 2 is 1.87 bits per heavy atom. The van der Waals surface area contributed by atoms with Crippen LogP contribution in [0.3, 0.4) is 0 Å². The quantitative estimate of drug-likeness (QED) is 0.774. The molecule has 2 atom stereocenters. The van der Waals surface area contributed by atoms with Crippen LogP contribution in [-0.2, 0) is 4.79 Å². The van der Waals surface area contributed by atoms with Crippen LogP contribution in [0.5, 0.6) is 0 Å². The Balaban J connectivity index is 2.28. The van der Waals surface area contributed by atoms with E-state index in [1.807, 2.05) is 0 Å². The van der Waals surface area contributed by atoms with Crippen LogP contribution in [-0.4, -0.2) is 44.8 Å². The van der Waals surface area contributed by atoms with Crippen LogP contribution in [0, 0.1) is 5.41 Å². The van der Waals surface area contributed by atoms with Gasteiger partial charge in [0, 0.05) is 11.5 Å². The lowest BCUT2D eigenvalue weighted by Crippen LogP contribution is -2.56. The van der Waals surface area contributed by atoms with Crippen molar-refractivity contribution in [3.8, 4) is 0 Å². The number of carboxylic acid groups (broad SMARTS) is 1. The molecule has 86 valence electrons. The molecule has 0 aliphatic carbocycles. The highest BCUT2D eigenvalue weighted by molar-refractivity contribution is 7.99. The minimum absolute atomic E-state index is 0.569. The lowest BCUT2D eigenvalue weighted by molar-refractivity contribution is -0.164. The monoisotopic (exact) mass is 248 g/mol. The van der Waals surface area contributed by atoms with Crippen LogP contribution in [0.25, 0.3) is 0 Å². The van der Waals surface area contributed by atoms with Crippen LogP contribution < -0.4 is 0 Å². The fourth-order valence-corrected chi connectivity index (χ4v) is 5.22. The van der Waals surface area contributed by atoms with E-state index in [1.165, 1.54) is 0 Å². The van der Waals surface area contributed by atoms with Gasteiger partial charge >= 0.3 is 5.97 Å². The van der Waals surface area contributed by atoms with Gasteiger partial charge in [-0.2, -0.15) is 23.5 Å². The summed E-state index contributed by atoms with van der Waals surface area (Å²) in [7, 11) is 0. The molecule has 2 saturated heterocycles. The first-order valence-corrected chi connectivity index (χ1v) is 7.53. The molecule has 0 amide bonds. The van der Waals surface area contributed by atoms with Gasteiger partial charge in [-0.15, -0.1) is 0 Å². The van der Waals surface area contributed by atoms with E-state index < -0.39 is 17.0 Å². The highest BCUT2D eigenvalue weighted by atomic mass is 32.2. The van der Waals surface area contributed by atoms with E-state index in [4.69, 9.17) is 0 Å². The number of carbonyl (C=O) groups is 1. The average Bonchev–Trinajstić information content (AvgIpc) is 2.67. The van der Waals surface area contributed by atoms with Crippen LogP contribution in [0.4, 0.5) is 0 Å². The second-order valence-corrected chi connectivity index (χ2v) is 6.59. The van der Waals surface area contributed by atoms with Gasteiger partial charge in [-0.3, -0.25) is 4.79 Å². The molecule has 2 heterocycles. The van der Waals surface area contributed by atoms with E-state index in [1.54, 1.807) is 23.5 Å². The largest absolute Gasteiger partial charge is 0.481 e. The first kappa shape index (κ1) is 11.6. The molecule has 2 fully saturated rings. The Kier molecular flexibility index (Phi) is 3.24. The molecule has 0 radical (unpaired) electrons. The van der Waals surface area contributed by atoms with Gasteiger partial charge in [0.15, 0.2) is 0 Å². The molecule has 2 unspecified atom stereocenters. The lowest BCUT2D eigenvalue weighted by atomic mass is 9.69. The van der Waals surface area contributed by atoms with Crippen molar-refractivity contribution in [2.24, 2.45) is 5.41 Å². The van der Waals surface area contributed by atoms with Crippen molar-refractivity contribution < 1.29 is 15.0 Å². The normalized spacial score (nSPS) is 41.7. The van der Waals surface area contributed by atoms with Gasteiger partial charge < -0.3 is 10.2 Å². The van der Waals surface area contributed by atoms with Crippen molar-refractivity contribution in [1.82, 2.24) is 0 Å². The van der Waals surface area contributed by atoms with Gasteiger partial charge in [-0.05, 0) is 30.8 Å². The predicted molar refractivity (Wildman–Crippen MR) is 63.5 cm³/mol. The van der Waals surface area contributed by atoms with Gasteiger partial charge in [0.1, 0.15) is 5.41 Å². The third-order valence-corrected chi connectivity index (χ3v) is 5.99. The molecule has 2 aliphatic heterocycles. The topological polar surface area (TPSA) is 57.5 Å². The van der Waals surface area contributed by atoms with Crippen molar-refractivity contribution in [2.45, 2.75) is 24.9 Å². The molecule has 2 aliphatic rings. The summed E-state index contributed by atoms with van der Waals surface area (Å²) in [6.07, 6.45) is 2.17. The number of aliphatic carboxylic acids is 1. The van der Waals surface area contributed by atoms with E-state index in [0.717, 1.165) is 17.9 Å². The second kappa shape index (κ2) is 4.18. The molecule has 0 spiro atoms. The molecule has 0 aromatic carbocycles. The van der Waals surface area contributed by atoms with Crippen molar-refractivity contribution >= 4 is 29.5 Å². The maximum absolute atomic E-state index is 11.5. The summed E-state index contributed by atoms with van der Waals surface area (Å²) in [6, 6.07) is 0. The van der Waals surface area contributed by atoms with Crippen LogP contribution in [0.15, 0.2) is 0 Å². The van der Waals surface area contributed by atoms with E-state index in [9.17, 15) is 15.0 Å². The van der Waals surface area contributed by atoms with E-state index in [0.29, 0.717) is 24.3 Å². The third kappa shape index (κ3) is 1.78. The van der Waals surface area contributed by atoms with E-state index in [2.05, 4.69) is 0 Å². The zero-order valence-electron chi connectivity index (χ0n) is 8.57. The number of carboxylic acids is 1. The van der Waals surface area contributed by atoms with Gasteiger partial charge in [-0.25, -0.2) is 0 Å². The minimum Gasteiger partial charge on any atom is -0.481 e. The first-order valence-electron chi connectivity index (χ1n) is 5.22. The Hall–Kier alpha value is 0.130. The van der Waals surface area contributed by atoms with Gasteiger partial charge in [0.2, 0.25) is 0 Å². The summed E-state index contributed by atoms with van der Waals surface area (Å²) in [5, 5.41) is 20.0. The number of rotatable bonds is 2. The third-order valence-electron chi connectivity index (χ3n) is 3.54. The number of hydrogen-bond acceptors (Lipinski definition) is 4. The van der Waals surface area contributed by atoms with Crippen molar-refractivity contribution in [3.05, 3.63) is 0 Å². The van der Waals surface area contributed by atoms with E-state index in [-0.39, 0.29) is 0 Å². The molecule has 2 rings (SSSR count). The summed E-state index contributed by atoms with van der Waals surface area (Å²) in [4.78, 5) is 11.5. The fourth-order valence-electron chi connectivity index (χ4n) is 2.46. The Bertz CT molecular complexity index is 255. The van der Waals surface area contributed by atoms with E-state index >= 15 is 0 Å². The first-order chi connectivity index (χ1) is 7.11. The highest BCUT2D eigenvalue weighted by Gasteiger charge is 2.57. The number of hydrogen-bond donors (Lipinski definition) is 2. The number of thioether (sulfide) groups is 2. The summed E-state index contributed by atoms with van der Waals surface area (Å²) in [6.45, 7) is 0. The maximum atomic E-state index is 11.5. The van der Waals surface area contributed by atoms with Crippen LogP contribution >= 0.6 is 23.5 Å².